The maximum Gasteiger partial charge on any atom is 0.0606 e. The third-order valence-corrected chi connectivity index (χ3v) is 3.53. The van der Waals surface area contributed by atoms with Crippen LogP contribution in [0, 0.1) is 0 Å². The zero-order valence-electron chi connectivity index (χ0n) is 10.3. The van der Waals surface area contributed by atoms with Gasteiger partial charge in [-0.05, 0) is 18.6 Å². The average molecular weight is 301 g/mol. The van der Waals surface area contributed by atoms with Gasteiger partial charge in [-0.1, -0.05) is 35.3 Å². The lowest BCUT2D eigenvalue weighted by Crippen LogP contribution is -2.29. The highest BCUT2D eigenvalue weighted by atomic mass is 79.9. The minimum Gasteiger partial charge on any atom is -0.395 e. The quantitative estimate of drug-likeness (QED) is 0.813. The van der Waals surface area contributed by atoms with Gasteiger partial charge in [0.1, 0.15) is 0 Å². The summed E-state index contributed by atoms with van der Waals surface area (Å²) in [6.07, 6.45) is 2.27. The van der Waals surface area contributed by atoms with Gasteiger partial charge < -0.3 is 15.7 Å². The molecule has 1 rings (SSSR count). The third-order valence-electron chi connectivity index (χ3n) is 2.79. The monoisotopic (exact) mass is 300 g/mol. The van der Waals surface area contributed by atoms with Crippen LogP contribution >= 0.6 is 15.9 Å². The summed E-state index contributed by atoms with van der Waals surface area (Å²) < 4.78 is 1.04. The molecule has 0 fully saturated rings. The van der Waals surface area contributed by atoms with Crippen molar-refractivity contribution < 1.29 is 5.11 Å². The van der Waals surface area contributed by atoms with E-state index in [9.17, 15) is 0 Å². The molecule has 0 unspecified atom stereocenters. The number of nitrogens with two attached hydrogens (primary N) is 1. The lowest BCUT2D eigenvalue weighted by atomic mass is 10.1. The van der Waals surface area contributed by atoms with E-state index in [2.05, 4.69) is 33.8 Å². The van der Waals surface area contributed by atoms with Crippen molar-refractivity contribution in [2.75, 3.05) is 24.6 Å². The van der Waals surface area contributed by atoms with E-state index in [0.29, 0.717) is 13.1 Å². The highest BCUT2D eigenvalue weighted by Crippen LogP contribution is 2.27. The zero-order chi connectivity index (χ0) is 12.7. The van der Waals surface area contributed by atoms with Crippen LogP contribution in [0.5, 0.6) is 0 Å². The Hall–Kier alpha value is -0.580. The number of benzene rings is 1. The summed E-state index contributed by atoms with van der Waals surface area (Å²) in [5.41, 5.74) is 8.03. The van der Waals surface area contributed by atoms with Crippen LogP contribution in [-0.4, -0.2) is 24.8 Å². The second-order valence-electron chi connectivity index (χ2n) is 4.01. The number of rotatable bonds is 7. The number of anilines is 1. The Balaban J connectivity index is 2.95. The topological polar surface area (TPSA) is 49.5 Å². The Morgan fingerprint density at radius 1 is 1.35 bits per heavy atom. The first kappa shape index (κ1) is 14.5. The van der Waals surface area contributed by atoms with Crippen LogP contribution in [0.15, 0.2) is 22.7 Å². The van der Waals surface area contributed by atoms with Crippen molar-refractivity contribution in [1.82, 2.24) is 0 Å². The van der Waals surface area contributed by atoms with E-state index in [1.807, 2.05) is 12.1 Å². The Labute approximate surface area is 112 Å². The molecule has 0 saturated heterocycles. The second kappa shape index (κ2) is 7.69. The minimum absolute atomic E-state index is 0.167. The minimum atomic E-state index is 0.167. The van der Waals surface area contributed by atoms with E-state index in [1.54, 1.807) is 0 Å². The first-order valence-corrected chi connectivity index (χ1v) is 6.87. The fourth-order valence-electron chi connectivity index (χ4n) is 1.87. The maximum absolute atomic E-state index is 9.15. The Kier molecular flexibility index (Phi) is 6.55. The first-order chi connectivity index (χ1) is 8.24. The molecule has 0 aliphatic heterocycles. The van der Waals surface area contributed by atoms with Crippen LogP contribution in [0.2, 0.25) is 0 Å². The fraction of sp³-hybridized carbons (Fsp3) is 0.538. The number of nitrogens with zero attached hydrogens (tertiary/aromatic N) is 1. The molecule has 0 atom stereocenters. The number of hydrogen-bond donors (Lipinski definition) is 2. The second-order valence-corrected chi connectivity index (χ2v) is 4.86. The maximum atomic E-state index is 9.15. The number of aliphatic hydroxyl groups is 1. The van der Waals surface area contributed by atoms with Crippen LogP contribution in [-0.2, 0) is 6.54 Å². The SMILES string of the molecule is CCCCN(CCO)c1cccc(Br)c1CN. The summed E-state index contributed by atoms with van der Waals surface area (Å²) in [6.45, 7) is 4.46. The van der Waals surface area contributed by atoms with E-state index in [1.165, 1.54) is 0 Å². The van der Waals surface area contributed by atoms with Crippen LogP contribution < -0.4 is 10.6 Å². The smallest absolute Gasteiger partial charge is 0.0606 e. The predicted octanol–water partition coefficient (Wildman–Crippen LogP) is 2.51. The summed E-state index contributed by atoms with van der Waals surface area (Å²) in [7, 11) is 0. The molecule has 96 valence electrons. The molecular formula is C13H21BrN2O. The first-order valence-electron chi connectivity index (χ1n) is 6.07. The number of unbranched alkanes of at least 4 members (excludes halogenated alkanes) is 1. The van der Waals surface area contributed by atoms with Gasteiger partial charge in [0.2, 0.25) is 0 Å². The Morgan fingerprint density at radius 3 is 2.71 bits per heavy atom. The summed E-state index contributed by atoms with van der Waals surface area (Å²) in [5, 5.41) is 9.15. The fourth-order valence-corrected chi connectivity index (χ4v) is 2.39. The Bertz CT molecular complexity index is 344. The molecule has 1 aromatic rings. The third kappa shape index (κ3) is 3.98. The van der Waals surface area contributed by atoms with Crippen molar-refractivity contribution in [3.05, 3.63) is 28.2 Å². The van der Waals surface area contributed by atoms with Crippen molar-refractivity contribution in [1.29, 1.82) is 0 Å². The zero-order valence-corrected chi connectivity index (χ0v) is 11.9. The van der Waals surface area contributed by atoms with Gasteiger partial charge in [-0.15, -0.1) is 0 Å². The van der Waals surface area contributed by atoms with Crippen molar-refractivity contribution in [3.8, 4) is 0 Å². The molecule has 0 heterocycles. The number of aliphatic hydroxyl groups excluding tert-OH is 1. The number of hydrogen-bond acceptors (Lipinski definition) is 3. The van der Waals surface area contributed by atoms with Crippen molar-refractivity contribution in [2.24, 2.45) is 5.73 Å². The molecule has 1 aromatic carbocycles. The van der Waals surface area contributed by atoms with Gasteiger partial charge in [0.05, 0.1) is 6.61 Å². The van der Waals surface area contributed by atoms with E-state index in [-0.39, 0.29) is 6.61 Å². The van der Waals surface area contributed by atoms with Gasteiger partial charge in [-0.3, -0.25) is 0 Å². The van der Waals surface area contributed by atoms with Gasteiger partial charge in [0.15, 0.2) is 0 Å². The van der Waals surface area contributed by atoms with E-state index in [4.69, 9.17) is 10.8 Å². The van der Waals surface area contributed by atoms with Crippen molar-refractivity contribution in [2.45, 2.75) is 26.3 Å². The molecule has 0 saturated carbocycles. The van der Waals surface area contributed by atoms with Gasteiger partial charge >= 0.3 is 0 Å². The predicted molar refractivity (Wildman–Crippen MR) is 76.2 cm³/mol. The summed E-state index contributed by atoms with van der Waals surface area (Å²) >= 11 is 3.53. The van der Waals surface area contributed by atoms with Gasteiger partial charge in [-0.25, -0.2) is 0 Å². The largest absolute Gasteiger partial charge is 0.395 e. The van der Waals surface area contributed by atoms with Crippen LogP contribution in [0.3, 0.4) is 0 Å². The highest BCUT2D eigenvalue weighted by molar-refractivity contribution is 9.10. The van der Waals surface area contributed by atoms with Crippen molar-refractivity contribution in [3.63, 3.8) is 0 Å². The molecule has 0 aliphatic carbocycles. The average Bonchev–Trinajstić information content (AvgIpc) is 2.34. The lowest BCUT2D eigenvalue weighted by Gasteiger charge is -2.26. The molecule has 0 aliphatic rings. The lowest BCUT2D eigenvalue weighted by molar-refractivity contribution is 0.301. The normalized spacial score (nSPS) is 10.6. The molecule has 0 aromatic heterocycles. The molecule has 17 heavy (non-hydrogen) atoms. The van der Waals surface area contributed by atoms with Gasteiger partial charge in [0.25, 0.3) is 0 Å². The highest BCUT2D eigenvalue weighted by Gasteiger charge is 2.11. The molecule has 3 N–H and O–H groups in total. The summed E-state index contributed by atoms with van der Waals surface area (Å²) in [5.74, 6) is 0. The molecule has 0 amide bonds. The standard InChI is InChI=1S/C13H21BrN2O/c1-2-3-7-16(8-9-17)13-6-4-5-12(14)11(13)10-15/h4-6,17H,2-3,7-10,15H2,1H3. The van der Waals surface area contributed by atoms with Crippen LogP contribution in [0.4, 0.5) is 5.69 Å². The molecule has 3 nitrogen and oxygen atoms in total. The van der Waals surface area contributed by atoms with Crippen LogP contribution in [0.25, 0.3) is 0 Å². The van der Waals surface area contributed by atoms with E-state index < -0.39 is 0 Å². The molecule has 0 bridgehead atoms. The molecule has 0 radical (unpaired) electrons. The molecule has 4 heteroatoms. The van der Waals surface area contributed by atoms with Gasteiger partial charge in [0, 0.05) is 35.4 Å². The van der Waals surface area contributed by atoms with E-state index >= 15 is 0 Å². The summed E-state index contributed by atoms with van der Waals surface area (Å²) in [6, 6.07) is 6.08. The molecule has 0 spiro atoms. The number of halogens is 1. The van der Waals surface area contributed by atoms with E-state index in [0.717, 1.165) is 35.1 Å². The van der Waals surface area contributed by atoms with Crippen molar-refractivity contribution >= 4 is 21.6 Å². The molecular weight excluding hydrogens is 280 g/mol. The Morgan fingerprint density at radius 2 is 2.12 bits per heavy atom. The van der Waals surface area contributed by atoms with Gasteiger partial charge in [-0.2, -0.15) is 0 Å². The summed E-state index contributed by atoms with van der Waals surface area (Å²) in [4.78, 5) is 2.20. The van der Waals surface area contributed by atoms with Crippen LogP contribution in [0.1, 0.15) is 25.3 Å².